The second-order valence-corrected chi connectivity index (χ2v) is 7.32. The van der Waals surface area contributed by atoms with E-state index in [4.69, 9.17) is 4.74 Å². The second kappa shape index (κ2) is 9.05. The van der Waals surface area contributed by atoms with Gasteiger partial charge in [-0.3, -0.25) is 0 Å². The maximum atomic E-state index is 12.2. The Morgan fingerprint density at radius 2 is 1.86 bits per heavy atom. The largest absolute Gasteiger partial charge is 0.494 e. The van der Waals surface area contributed by atoms with E-state index in [1.54, 1.807) is 0 Å². The van der Waals surface area contributed by atoms with Gasteiger partial charge in [0.05, 0.1) is 12.4 Å². The highest BCUT2D eigenvalue weighted by molar-refractivity contribution is 7.91. The molecule has 0 heterocycles. The predicted octanol–water partition coefficient (Wildman–Crippen LogP) is 2.95. The van der Waals surface area contributed by atoms with Crippen molar-refractivity contribution in [2.75, 3.05) is 24.7 Å². The summed E-state index contributed by atoms with van der Waals surface area (Å²) in [4.78, 5) is 0. The molecule has 4 nitrogen and oxygen atoms in total. The molecule has 1 N–H and O–H groups in total. The van der Waals surface area contributed by atoms with E-state index in [0.29, 0.717) is 13.0 Å². The first-order valence-corrected chi connectivity index (χ1v) is 9.51. The lowest BCUT2D eigenvalue weighted by molar-refractivity contribution is 0.332. The summed E-state index contributed by atoms with van der Waals surface area (Å²) in [5.41, 5.74) is 0.924. The summed E-state index contributed by atoms with van der Waals surface area (Å²) in [7, 11) is -3.06. The van der Waals surface area contributed by atoms with Crippen molar-refractivity contribution in [3.8, 4) is 5.75 Å². The van der Waals surface area contributed by atoms with Gasteiger partial charge in [-0.25, -0.2) is 8.42 Å². The van der Waals surface area contributed by atoms with Gasteiger partial charge >= 0.3 is 0 Å². The maximum absolute atomic E-state index is 12.2. The average molecular weight is 313 g/mol. The molecule has 1 aromatic carbocycles. The van der Waals surface area contributed by atoms with Crippen LogP contribution in [0.4, 0.5) is 0 Å². The Labute approximate surface area is 128 Å². The van der Waals surface area contributed by atoms with Crippen LogP contribution in [0.3, 0.4) is 0 Å². The van der Waals surface area contributed by atoms with Gasteiger partial charge in [-0.15, -0.1) is 0 Å². The van der Waals surface area contributed by atoms with Gasteiger partial charge in [-0.2, -0.15) is 0 Å². The van der Waals surface area contributed by atoms with Crippen molar-refractivity contribution < 1.29 is 13.2 Å². The van der Waals surface area contributed by atoms with Crippen molar-refractivity contribution in [2.24, 2.45) is 0 Å². The minimum absolute atomic E-state index is 0.116. The normalized spacial score (nSPS) is 13.1. The van der Waals surface area contributed by atoms with Crippen molar-refractivity contribution in [3.63, 3.8) is 0 Å². The Kier molecular flexibility index (Phi) is 7.75. The molecule has 0 saturated heterocycles. The Morgan fingerprint density at radius 1 is 1.14 bits per heavy atom. The zero-order valence-electron chi connectivity index (χ0n) is 13.3. The molecule has 1 aromatic rings. The third kappa shape index (κ3) is 6.06. The van der Waals surface area contributed by atoms with Crippen molar-refractivity contribution in [3.05, 3.63) is 29.8 Å². The summed E-state index contributed by atoms with van der Waals surface area (Å²) in [6.07, 6.45) is 1.61. The quantitative estimate of drug-likeness (QED) is 0.721. The summed E-state index contributed by atoms with van der Waals surface area (Å²) in [5, 5.41) is 3.34. The van der Waals surface area contributed by atoms with Gasteiger partial charge in [-0.1, -0.05) is 32.0 Å². The molecule has 0 bridgehead atoms. The molecule has 0 radical (unpaired) electrons. The van der Waals surface area contributed by atoms with Crippen LogP contribution in [0.1, 0.15) is 45.2 Å². The third-order valence-corrected chi connectivity index (χ3v) is 5.04. The molecule has 1 rings (SSSR count). The van der Waals surface area contributed by atoms with Crippen LogP contribution >= 0.6 is 0 Å². The third-order valence-electron chi connectivity index (χ3n) is 3.17. The van der Waals surface area contributed by atoms with Gasteiger partial charge < -0.3 is 10.1 Å². The number of nitrogens with one attached hydrogen (secondary N) is 1. The van der Waals surface area contributed by atoms with E-state index in [9.17, 15) is 8.42 Å². The van der Waals surface area contributed by atoms with Gasteiger partial charge in [0, 0.05) is 17.4 Å². The summed E-state index contributed by atoms with van der Waals surface area (Å²) in [6, 6.07) is 7.45. The molecule has 1 unspecified atom stereocenters. The SMILES string of the molecule is CCCNC(CS(=O)(=O)CCC)c1ccccc1OCC. The topological polar surface area (TPSA) is 55.4 Å². The molecular formula is C16H27NO3S. The van der Waals surface area contributed by atoms with E-state index >= 15 is 0 Å². The van der Waals surface area contributed by atoms with Gasteiger partial charge in [-0.05, 0) is 32.4 Å². The van der Waals surface area contributed by atoms with E-state index in [0.717, 1.165) is 24.3 Å². The smallest absolute Gasteiger partial charge is 0.152 e. The van der Waals surface area contributed by atoms with Crippen molar-refractivity contribution in [1.29, 1.82) is 0 Å². The van der Waals surface area contributed by atoms with E-state index in [-0.39, 0.29) is 17.5 Å². The molecule has 0 amide bonds. The number of hydrogen-bond acceptors (Lipinski definition) is 4. The number of benzene rings is 1. The number of sulfone groups is 1. The van der Waals surface area contributed by atoms with E-state index < -0.39 is 9.84 Å². The molecular weight excluding hydrogens is 286 g/mol. The lowest BCUT2D eigenvalue weighted by Crippen LogP contribution is -2.30. The average Bonchev–Trinajstić information content (AvgIpc) is 2.44. The minimum atomic E-state index is -3.06. The fourth-order valence-corrected chi connectivity index (χ4v) is 3.87. The lowest BCUT2D eigenvalue weighted by Gasteiger charge is -2.21. The van der Waals surface area contributed by atoms with Gasteiger partial charge in [0.2, 0.25) is 0 Å². The molecule has 0 fully saturated rings. The van der Waals surface area contributed by atoms with Gasteiger partial charge in [0.25, 0.3) is 0 Å². The first-order chi connectivity index (χ1) is 10.0. The van der Waals surface area contributed by atoms with E-state index in [2.05, 4.69) is 12.2 Å². The first kappa shape index (κ1) is 18.0. The van der Waals surface area contributed by atoms with Gasteiger partial charge in [0.1, 0.15) is 5.75 Å². The molecule has 0 saturated carbocycles. The molecule has 0 aliphatic heterocycles. The van der Waals surface area contributed by atoms with Crippen molar-refractivity contribution >= 4 is 9.84 Å². The molecule has 5 heteroatoms. The summed E-state index contributed by atoms with van der Waals surface area (Å²) in [5.74, 6) is 1.11. The maximum Gasteiger partial charge on any atom is 0.152 e. The Hall–Kier alpha value is -1.07. The first-order valence-electron chi connectivity index (χ1n) is 7.69. The Bertz CT molecular complexity index is 514. The predicted molar refractivity (Wildman–Crippen MR) is 87.6 cm³/mol. The fourth-order valence-electron chi connectivity index (χ4n) is 2.28. The zero-order chi connectivity index (χ0) is 15.7. The highest BCUT2D eigenvalue weighted by atomic mass is 32.2. The lowest BCUT2D eigenvalue weighted by atomic mass is 10.1. The molecule has 0 aromatic heterocycles. The highest BCUT2D eigenvalue weighted by Gasteiger charge is 2.22. The number of para-hydroxylation sites is 1. The Balaban J connectivity index is 3.02. The molecule has 21 heavy (non-hydrogen) atoms. The standard InChI is InChI=1S/C16H27NO3S/c1-4-11-17-15(13-21(18,19)12-5-2)14-9-7-8-10-16(14)20-6-3/h7-10,15,17H,4-6,11-13H2,1-3H3. The van der Waals surface area contributed by atoms with Crippen LogP contribution in [0.5, 0.6) is 5.75 Å². The summed E-state index contributed by atoms with van der Waals surface area (Å²) >= 11 is 0. The van der Waals surface area contributed by atoms with Crippen LogP contribution in [-0.2, 0) is 9.84 Å². The van der Waals surface area contributed by atoms with E-state index in [1.807, 2.05) is 38.1 Å². The summed E-state index contributed by atoms with van der Waals surface area (Å²) in [6.45, 7) is 7.24. The van der Waals surface area contributed by atoms with Crippen LogP contribution < -0.4 is 10.1 Å². The minimum Gasteiger partial charge on any atom is -0.494 e. The Morgan fingerprint density at radius 3 is 2.48 bits per heavy atom. The highest BCUT2D eigenvalue weighted by Crippen LogP contribution is 2.26. The van der Waals surface area contributed by atoms with Crippen LogP contribution in [0.15, 0.2) is 24.3 Å². The van der Waals surface area contributed by atoms with E-state index in [1.165, 1.54) is 0 Å². The second-order valence-electron chi connectivity index (χ2n) is 5.09. The van der Waals surface area contributed by atoms with Gasteiger partial charge in [0.15, 0.2) is 9.84 Å². The fraction of sp³-hybridized carbons (Fsp3) is 0.625. The molecule has 120 valence electrons. The van der Waals surface area contributed by atoms with Crippen LogP contribution in [0.2, 0.25) is 0 Å². The number of ether oxygens (including phenoxy) is 1. The van der Waals surface area contributed by atoms with Crippen LogP contribution in [0.25, 0.3) is 0 Å². The molecule has 1 atom stereocenters. The summed E-state index contributed by atoms with van der Waals surface area (Å²) < 4.78 is 30.0. The zero-order valence-corrected chi connectivity index (χ0v) is 14.1. The van der Waals surface area contributed by atoms with Crippen LogP contribution in [-0.4, -0.2) is 33.1 Å². The number of rotatable bonds is 10. The molecule has 0 spiro atoms. The molecule has 0 aliphatic carbocycles. The monoisotopic (exact) mass is 313 g/mol. The van der Waals surface area contributed by atoms with Crippen molar-refractivity contribution in [1.82, 2.24) is 5.32 Å². The van der Waals surface area contributed by atoms with Crippen LogP contribution in [0, 0.1) is 0 Å². The molecule has 0 aliphatic rings. The van der Waals surface area contributed by atoms with Crippen molar-refractivity contribution in [2.45, 2.75) is 39.7 Å². The number of hydrogen-bond donors (Lipinski definition) is 1.